The number of aromatic nitrogens is 1. The van der Waals surface area contributed by atoms with E-state index in [9.17, 15) is 0 Å². The lowest BCUT2D eigenvalue weighted by atomic mass is 9.89. The summed E-state index contributed by atoms with van der Waals surface area (Å²) in [6.07, 6.45) is 7.84. The van der Waals surface area contributed by atoms with Crippen LogP contribution in [0.3, 0.4) is 0 Å². The molecule has 0 radical (unpaired) electrons. The van der Waals surface area contributed by atoms with Gasteiger partial charge in [0, 0.05) is 31.9 Å². The third kappa shape index (κ3) is 9.04. The van der Waals surface area contributed by atoms with Crippen molar-refractivity contribution in [3.05, 3.63) is 23.9 Å². The zero-order valence-corrected chi connectivity index (χ0v) is 19.8. The van der Waals surface area contributed by atoms with Crippen LogP contribution in [-0.2, 0) is 11.3 Å². The van der Waals surface area contributed by atoms with Crippen LogP contribution in [0.4, 0.5) is 0 Å². The quantitative estimate of drug-likeness (QED) is 0.239. The van der Waals surface area contributed by atoms with Crippen molar-refractivity contribution >= 4 is 29.9 Å². The van der Waals surface area contributed by atoms with Crippen LogP contribution in [0.1, 0.15) is 44.6 Å². The summed E-state index contributed by atoms with van der Waals surface area (Å²) in [6, 6.07) is 3.94. The van der Waals surface area contributed by atoms with Crippen LogP contribution in [0, 0.1) is 5.92 Å². The molecule has 0 atom stereocenters. The van der Waals surface area contributed by atoms with Crippen molar-refractivity contribution in [2.75, 3.05) is 39.4 Å². The number of guanidine groups is 1. The molecule has 164 valence electrons. The molecule has 1 aliphatic carbocycles. The molecule has 2 aliphatic rings. The van der Waals surface area contributed by atoms with E-state index < -0.39 is 0 Å². The first kappa shape index (κ1) is 24.1. The van der Waals surface area contributed by atoms with Crippen LogP contribution < -0.4 is 15.8 Å². The first-order valence-corrected chi connectivity index (χ1v) is 10.6. The van der Waals surface area contributed by atoms with Crippen LogP contribution in [0.15, 0.2) is 23.3 Å². The fourth-order valence-electron chi connectivity index (χ4n) is 3.71. The van der Waals surface area contributed by atoms with Gasteiger partial charge in [0.25, 0.3) is 0 Å². The van der Waals surface area contributed by atoms with Gasteiger partial charge in [-0.2, -0.15) is 0 Å². The second-order valence-electron chi connectivity index (χ2n) is 7.94. The van der Waals surface area contributed by atoms with E-state index in [1.807, 2.05) is 12.1 Å². The van der Waals surface area contributed by atoms with Crippen molar-refractivity contribution in [2.24, 2.45) is 16.6 Å². The number of hydrogen-bond donors (Lipinski definition) is 2. The van der Waals surface area contributed by atoms with Crippen LogP contribution >= 0.6 is 24.0 Å². The highest BCUT2D eigenvalue weighted by Gasteiger charge is 2.19. The van der Waals surface area contributed by atoms with Gasteiger partial charge in [-0.05, 0) is 56.2 Å². The van der Waals surface area contributed by atoms with Crippen LogP contribution in [0.5, 0.6) is 5.88 Å². The van der Waals surface area contributed by atoms with Gasteiger partial charge in [-0.3, -0.25) is 4.90 Å². The smallest absolute Gasteiger partial charge is 0.213 e. The lowest BCUT2D eigenvalue weighted by Gasteiger charge is -2.26. The largest absolute Gasteiger partial charge is 0.474 e. The third-order valence-corrected chi connectivity index (χ3v) is 5.54. The molecule has 8 heteroatoms. The number of nitrogens with zero attached hydrogens (tertiary/aromatic N) is 3. The van der Waals surface area contributed by atoms with Crippen LogP contribution in [-0.4, -0.2) is 61.3 Å². The minimum Gasteiger partial charge on any atom is -0.474 e. The fourth-order valence-corrected chi connectivity index (χ4v) is 3.71. The van der Waals surface area contributed by atoms with E-state index in [0.717, 1.165) is 70.1 Å². The Hall–Kier alpha value is -1.13. The van der Waals surface area contributed by atoms with Gasteiger partial charge in [-0.15, -0.1) is 24.0 Å². The summed E-state index contributed by atoms with van der Waals surface area (Å²) in [7, 11) is 0. The van der Waals surface area contributed by atoms with Crippen LogP contribution in [0.2, 0.25) is 0 Å². The van der Waals surface area contributed by atoms with Crippen molar-refractivity contribution < 1.29 is 9.47 Å². The normalized spacial score (nSPS) is 23.3. The van der Waals surface area contributed by atoms with Crippen molar-refractivity contribution in [1.29, 1.82) is 0 Å². The Morgan fingerprint density at radius 1 is 1.31 bits per heavy atom. The molecule has 1 saturated heterocycles. The lowest BCUT2D eigenvalue weighted by molar-refractivity contribution is 0.0376. The highest BCUT2D eigenvalue weighted by molar-refractivity contribution is 14.0. The van der Waals surface area contributed by atoms with Crippen molar-refractivity contribution in [3.63, 3.8) is 0 Å². The molecule has 0 spiro atoms. The molecule has 2 fully saturated rings. The monoisotopic (exact) mass is 517 g/mol. The van der Waals surface area contributed by atoms with E-state index in [-0.39, 0.29) is 24.0 Å². The summed E-state index contributed by atoms with van der Waals surface area (Å²) >= 11 is 0. The van der Waals surface area contributed by atoms with E-state index in [4.69, 9.17) is 15.2 Å². The number of ether oxygens (including phenoxy) is 2. The van der Waals surface area contributed by atoms with Crippen molar-refractivity contribution in [3.8, 4) is 5.88 Å². The van der Waals surface area contributed by atoms with Gasteiger partial charge >= 0.3 is 0 Å². The molecule has 1 aromatic heterocycles. The van der Waals surface area contributed by atoms with Crippen molar-refractivity contribution in [1.82, 2.24) is 15.2 Å². The number of hydrogen-bond acceptors (Lipinski definition) is 5. The first-order chi connectivity index (χ1) is 13.7. The molecule has 1 aliphatic heterocycles. The highest BCUT2D eigenvalue weighted by Crippen LogP contribution is 2.26. The minimum absolute atomic E-state index is 0. The standard InChI is InChI=1S/C21H35N5O2.HI/c1-17-3-5-19(6-4-17)28-20-15-18(7-9-23-20)16-25-21(22)24-8-2-10-26-11-13-27-14-12-26;/h7,9,15,17,19H,2-6,8,10-14,16H2,1H3,(H3,22,24,25);1H. The van der Waals surface area contributed by atoms with E-state index in [2.05, 4.69) is 27.1 Å². The molecule has 2 heterocycles. The van der Waals surface area contributed by atoms with E-state index in [1.54, 1.807) is 6.20 Å². The Morgan fingerprint density at radius 3 is 2.83 bits per heavy atom. The number of pyridine rings is 1. The Bertz CT molecular complexity index is 617. The molecule has 3 rings (SSSR count). The van der Waals surface area contributed by atoms with Gasteiger partial charge in [0.05, 0.1) is 19.8 Å². The Kier molecular flexibility index (Phi) is 11.0. The molecule has 1 saturated carbocycles. The number of aliphatic imine (C=N–C) groups is 1. The summed E-state index contributed by atoms with van der Waals surface area (Å²) in [5.74, 6) is 2.00. The maximum atomic E-state index is 6.07. The molecule has 0 bridgehead atoms. The van der Waals surface area contributed by atoms with Gasteiger partial charge in [-0.1, -0.05) is 6.92 Å². The Labute approximate surface area is 191 Å². The molecule has 1 aromatic rings. The summed E-state index contributed by atoms with van der Waals surface area (Å²) in [4.78, 5) is 11.2. The second-order valence-corrected chi connectivity index (χ2v) is 7.94. The van der Waals surface area contributed by atoms with Gasteiger partial charge < -0.3 is 20.5 Å². The van der Waals surface area contributed by atoms with Gasteiger partial charge in [-0.25, -0.2) is 9.98 Å². The minimum atomic E-state index is 0. The molecule has 3 N–H and O–H groups in total. The topological polar surface area (TPSA) is 85.0 Å². The first-order valence-electron chi connectivity index (χ1n) is 10.6. The van der Waals surface area contributed by atoms with Crippen LogP contribution in [0.25, 0.3) is 0 Å². The van der Waals surface area contributed by atoms with E-state index >= 15 is 0 Å². The summed E-state index contributed by atoms with van der Waals surface area (Å²) in [5, 5.41) is 3.20. The van der Waals surface area contributed by atoms with Crippen molar-refractivity contribution in [2.45, 2.75) is 51.7 Å². The number of nitrogens with two attached hydrogens (primary N) is 1. The summed E-state index contributed by atoms with van der Waals surface area (Å²) < 4.78 is 11.4. The molecule has 0 aromatic carbocycles. The third-order valence-electron chi connectivity index (χ3n) is 5.54. The second kappa shape index (κ2) is 13.2. The van der Waals surface area contributed by atoms with E-state index in [1.165, 1.54) is 12.8 Å². The maximum Gasteiger partial charge on any atom is 0.213 e. The molecule has 0 amide bonds. The Balaban J connectivity index is 0.00000300. The zero-order chi connectivity index (χ0) is 19.6. The molecule has 7 nitrogen and oxygen atoms in total. The summed E-state index contributed by atoms with van der Waals surface area (Å²) in [6.45, 7) is 8.47. The number of halogens is 1. The number of nitrogens with one attached hydrogen (secondary N) is 1. The zero-order valence-electron chi connectivity index (χ0n) is 17.5. The maximum absolute atomic E-state index is 6.07. The lowest BCUT2D eigenvalue weighted by Crippen LogP contribution is -2.39. The van der Waals surface area contributed by atoms with E-state index in [0.29, 0.717) is 24.5 Å². The van der Waals surface area contributed by atoms with Gasteiger partial charge in [0.2, 0.25) is 5.88 Å². The number of morpholine rings is 1. The number of rotatable bonds is 8. The average molecular weight is 517 g/mol. The molecule has 0 unspecified atom stereocenters. The molecular weight excluding hydrogens is 481 g/mol. The predicted molar refractivity (Wildman–Crippen MR) is 127 cm³/mol. The predicted octanol–water partition coefficient (Wildman–Crippen LogP) is 2.78. The van der Waals surface area contributed by atoms with Gasteiger partial charge in [0.15, 0.2) is 5.96 Å². The van der Waals surface area contributed by atoms with Gasteiger partial charge in [0.1, 0.15) is 6.10 Å². The molecular formula is C21H36IN5O2. The SMILES string of the molecule is CC1CCC(Oc2cc(CN=C(N)NCCCN3CCOCC3)ccn2)CC1.I. The molecule has 29 heavy (non-hydrogen) atoms. The highest BCUT2D eigenvalue weighted by atomic mass is 127. The average Bonchev–Trinajstić information content (AvgIpc) is 2.72. The Morgan fingerprint density at radius 2 is 2.07 bits per heavy atom. The summed E-state index contributed by atoms with van der Waals surface area (Å²) in [5.41, 5.74) is 7.06. The fraction of sp³-hybridized carbons (Fsp3) is 0.714.